The van der Waals surface area contributed by atoms with Crippen LogP contribution in [-0.2, 0) is 0 Å². The standard InChI is InChI=1S/C15H11NO5/c16-10-5-14-13(20-7-21-14)4-9(10)15(17)8-1-2-11-12(3-8)19-6-18-11/h1-5H,6-7,16H2. The highest BCUT2D eigenvalue weighted by Gasteiger charge is 2.22. The maximum Gasteiger partial charge on any atom is 0.231 e. The Morgan fingerprint density at radius 1 is 0.857 bits per heavy atom. The summed E-state index contributed by atoms with van der Waals surface area (Å²) >= 11 is 0. The molecule has 2 aliphatic heterocycles. The fraction of sp³-hybridized carbons (Fsp3) is 0.133. The van der Waals surface area contributed by atoms with Crippen LogP contribution in [0.4, 0.5) is 5.69 Å². The van der Waals surface area contributed by atoms with Crippen molar-refractivity contribution in [1.29, 1.82) is 0 Å². The molecule has 106 valence electrons. The molecule has 0 spiro atoms. The van der Waals surface area contributed by atoms with Gasteiger partial charge in [-0.25, -0.2) is 0 Å². The third-order valence-corrected chi connectivity index (χ3v) is 3.42. The van der Waals surface area contributed by atoms with Crippen molar-refractivity contribution in [3.8, 4) is 23.0 Å². The number of ketones is 1. The molecule has 0 saturated heterocycles. The molecule has 0 radical (unpaired) electrons. The summed E-state index contributed by atoms with van der Waals surface area (Å²) < 4.78 is 21.0. The number of carbonyl (C=O) groups is 1. The number of anilines is 1. The molecule has 0 aromatic heterocycles. The summed E-state index contributed by atoms with van der Waals surface area (Å²) in [5, 5.41) is 0. The normalized spacial score (nSPS) is 14.3. The maximum absolute atomic E-state index is 12.6. The zero-order valence-corrected chi connectivity index (χ0v) is 10.9. The van der Waals surface area contributed by atoms with E-state index in [1.807, 2.05) is 0 Å². The Morgan fingerprint density at radius 2 is 1.48 bits per heavy atom. The predicted octanol–water partition coefficient (Wildman–Crippen LogP) is 1.96. The largest absolute Gasteiger partial charge is 0.454 e. The maximum atomic E-state index is 12.6. The lowest BCUT2D eigenvalue weighted by Gasteiger charge is -2.07. The van der Waals surface area contributed by atoms with E-state index >= 15 is 0 Å². The van der Waals surface area contributed by atoms with Gasteiger partial charge in [-0.15, -0.1) is 0 Å². The summed E-state index contributed by atoms with van der Waals surface area (Å²) in [6.07, 6.45) is 0. The Labute approximate surface area is 120 Å². The van der Waals surface area contributed by atoms with Crippen LogP contribution in [0.1, 0.15) is 15.9 Å². The van der Waals surface area contributed by atoms with E-state index in [4.69, 9.17) is 24.7 Å². The summed E-state index contributed by atoms with van der Waals surface area (Å²) in [4.78, 5) is 12.6. The van der Waals surface area contributed by atoms with Gasteiger partial charge in [0.05, 0.1) is 0 Å². The Kier molecular flexibility index (Phi) is 2.44. The monoisotopic (exact) mass is 285 g/mol. The van der Waals surface area contributed by atoms with Crippen molar-refractivity contribution in [3.05, 3.63) is 41.5 Å². The smallest absolute Gasteiger partial charge is 0.231 e. The third kappa shape index (κ3) is 1.84. The first-order chi connectivity index (χ1) is 10.2. The van der Waals surface area contributed by atoms with Crippen LogP contribution in [0.5, 0.6) is 23.0 Å². The number of nitrogen functional groups attached to an aromatic ring is 1. The number of rotatable bonds is 2. The molecule has 0 atom stereocenters. The fourth-order valence-corrected chi connectivity index (χ4v) is 2.35. The molecule has 0 unspecified atom stereocenters. The molecule has 2 aliphatic rings. The molecule has 0 bridgehead atoms. The molecule has 2 heterocycles. The number of nitrogens with two attached hydrogens (primary N) is 1. The van der Waals surface area contributed by atoms with Gasteiger partial charge in [0.1, 0.15) is 0 Å². The van der Waals surface area contributed by atoms with Crippen molar-refractivity contribution < 1.29 is 23.7 Å². The van der Waals surface area contributed by atoms with Crippen molar-refractivity contribution >= 4 is 11.5 Å². The van der Waals surface area contributed by atoms with Gasteiger partial charge in [0, 0.05) is 22.9 Å². The van der Waals surface area contributed by atoms with Crippen LogP contribution >= 0.6 is 0 Å². The Bertz CT molecular complexity index is 756. The molecule has 21 heavy (non-hydrogen) atoms. The van der Waals surface area contributed by atoms with Crippen molar-refractivity contribution in [2.75, 3.05) is 19.3 Å². The molecule has 0 fully saturated rings. The van der Waals surface area contributed by atoms with E-state index in [0.717, 1.165) is 0 Å². The average Bonchev–Trinajstić information content (AvgIpc) is 3.12. The van der Waals surface area contributed by atoms with Gasteiger partial charge in [-0.2, -0.15) is 0 Å². The van der Waals surface area contributed by atoms with Crippen molar-refractivity contribution in [3.63, 3.8) is 0 Å². The quantitative estimate of drug-likeness (QED) is 0.671. The molecule has 6 heteroatoms. The fourth-order valence-electron chi connectivity index (χ4n) is 2.35. The SMILES string of the molecule is Nc1cc2c(cc1C(=O)c1ccc3c(c1)OCO3)OCO2. The molecule has 2 aromatic carbocycles. The molecular weight excluding hydrogens is 274 g/mol. The summed E-state index contributed by atoms with van der Waals surface area (Å²) in [7, 11) is 0. The highest BCUT2D eigenvalue weighted by molar-refractivity contribution is 6.12. The number of carbonyl (C=O) groups excluding carboxylic acids is 1. The molecule has 2 aromatic rings. The minimum Gasteiger partial charge on any atom is -0.454 e. The summed E-state index contributed by atoms with van der Waals surface area (Å²) in [6, 6.07) is 8.24. The van der Waals surface area contributed by atoms with Crippen LogP contribution in [0.15, 0.2) is 30.3 Å². The van der Waals surface area contributed by atoms with Crippen LogP contribution in [0, 0.1) is 0 Å². The predicted molar refractivity (Wildman–Crippen MR) is 73.0 cm³/mol. The van der Waals surface area contributed by atoms with E-state index in [9.17, 15) is 4.79 Å². The lowest BCUT2D eigenvalue weighted by Crippen LogP contribution is -2.05. The summed E-state index contributed by atoms with van der Waals surface area (Å²) in [5.74, 6) is 2.05. The van der Waals surface area contributed by atoms with Crippen LogP contribution in [0.3, 0.4) is 0 Å². The van der Waals surface area contributed by atoms with E-state index in [1.54, 1.807) is 30.3 Å². The lowest BCUT2D eigenvalue weighted by molar-refractivity contribution is 0.103. The van der Waals surface area contributed by atoms with Gasteiger partial charge >= 0.3 is 0 Å². The van der Waals surface area contributed by atoms with E-state index < -0.39 is 0 Å². The summed E-state index contributed by atoms with van der Waals surface area (Å²) in [5.41, 5.74) is 7.13. The van der Waals surface area contributed by atoms with Crippen molar-refractivity contribution in [2.45, 2.75) is 0 Å². The molecule has 6 nitrogen and oxygen atoms in total. The zero-order chi connectivity index (χ0) is 14.4. The topological polar surface area (TPSA) is 80.0 Å². The molecule has 4 rings (SSSR count). The first-order valence-corrected chi connectivity index (χ1v) is 6.36. The summed E-state index contributed by atoms with van der Waals surface area (Å²) in [6.45, 7) is 0.301. The molecule has 2 N–H and O–H groups in total. The van der Waals surface area contributed by atoms with Gasteiger partial charge < -0.3 is 24.7 Å². The van der Waals surface area contributed by atoms with Gasteiger partial charge in [0.25, 0.3) is 0 Å². The number of hydrogen-bond acceptors (Lipinski definition) is 6. The van der Waals surface area contributed by atoms with E-state index in [1.165, 1.54) is 0 Å². The lowest BCUT2D eigenvalue weighted by atomic mass is 10.0. The highest BCUT2D eigenvalue weighted by atomic mass is 16.7. The molecule has 0 saturated carbocycles. The van der Waals surface area contributed by atoms with E-state index in [0.29, 0.717) is 39.8 Å². The van der Waals surface area contributed by atoms with Crippen LogP contribution < -0.4 is 24.7 Å². The van der Waals surface area contributed by atoms with E-state index in [-0.39, 0.29) is 19.4 Å². The van der Waals surface area contributed by atoms with Crippen LogP contribution in [0.2, 0.25) is 0 Å². The average molecular weight is 285 g/mol. The van der Waals surface area contributed by atoms with Gasteiger partial charge in [-0.3, -0.25) is 4.79 Å². The number of fused-ring (bicyclic) bond motifs is 2. The van der Waals surface area contributed by atoms with Gasteiger partial charge in [0.2, 0.25) is 13.6 Å². The second-order valence-electron chi connectivity index (χ2n) is 4.69. The van der Waals surface area contributed by atoms with Gasteiger partial charge in [0.15, 0.2) is 28.8 Å². The van der Waals surface area contributed by atoms with Crippen LogP contribution in [-0.4, -0.2) is 19.4 Å². The van der Waals surface area contributed by atoms with Gasteiger partial charge in [-0.1, -0.05) is 0 Å². The number of hydrogen-bond donors (Lipinski definition) is 1. The molecule has 0 aliphatic carbocycles. The minimum absolute atomic E-state index is 0.135. The second kappa shape index (κ2) is 4.31. The van der Waals surface area contributed by atoms with Gasteiger partial charge in [-0.05, 0) is 24.3 Å². The second-order valence-corrected chi connectivity index (χ2v) is 4.69. The number of ether oxygens (including phenoxy) is 4. The Morgan fingerprint density at radius 3 is 2.24 bits per heavy atom. The Balaban J connectivity index is 1.75. The third-order valence-electron chi connectivity index (χ3n) is 3.42. The zero-order valence-electron chi connectivity index (χ0n) is 10.9. The molecular formula is C15H11NO5. The van der Waals surface area contributed by atoms with Crippen molar-refractivity contribution in [1.82, 2.24) is 0 Å². The minimum atomic E-state index is -0.205. The van der Waals surface area contributed by atoms with Crippen LogP contribution in [0.25, 0.3) is 0 Å². The molecule has 0 amide bonds. The first kappa shape index (κ1) is 11.9. The highest BCUT2D eigenvalue weighted by Crippen LogP contribution is 2.38. The first-order valence-electron chi connectivity index (χ1n) is 6.36. The Hall–Kier alpha value is -2.89. The van der Waals surface area contributed by atoms with Crippen molar-refractivity contribution in [2.24, 2.45) is 0 Å². The number of benzene rings is 2. The van der Waals surface area contributed by atoms with E-state index in [2.05, 4.69) is 0 Å².